The van der Waals surface area contributed by atoms with Gasteiger partial charge in [0.25, 0.3) is 5.91 Å². The van der Waals surface area contributed by atoms with Crippen LogP contribution >= 0.6 is 11.6 Å². The first-order chi connectivity index (χ1) is 13.1. The van der Waals surface area contributed by atoms with E-state index in [1.165, 1.54) is 6.33 Å². The zero-order valence-corrected chi connectivity index (χ0v) is 15.1. The smallest absolute Gasteiger partial charge is 0.252 e. The molecule has 0 saturated heterocycles. The second-order valence-corrected chi connectivity index (χ2v) is 6.40. The predicted molar refractivity (Wildman–Crippen MR) is 102 cm³/mol. The summed E-state index contributed by atoms with van der Waals surface area (Å²) in [6, 6.07) is 12.1. The molecule has 0 fully saturated rings. The fraction of sp³-hybridized carbons (Fsp3) is 0.100. The van der Waals surface area contributed by atoms with Crippen LogP contribution in [0.25, 0.3) is 22.4 Å². The number of hydrogen-bond donors (Lipinski definition) is 1. The Morgan fingerprint density at radius 1 is 1.22 bits per heavy atom. The van der Waals surface area contributed by atoms with Gasteiger partial charge in [0.15, 0.2) is 5.76 Å². The van der Waals surface area contributed by atoms with Crippen molar-refractivity contribution in [3.63, 3.8) is 0 Å². The largest absolute Gasteiger partial charge is 0.463 e. The Hall–Kier alpha value is -3.25. The van der Waals surface area contributed by atoms with E-state index in [1.807, 2.05) is 13.0 Å². The lowest BCUT2D eigenvalue weighted by atomic mass is 10.1. The lowest BCUT2D eigenvalue weighted by Crippen LogP contribution is -2.27. The Bertz CT molecular complexity index is 1100. The van der Waals surface area contributed by atoms with Crippen LogP contribution < -0.4 is 5.32 Å². The monoisotopic (exact) mass is 378 g/mol. The Kier molecular flexibility index (Phi) is 4.56. The summed E-state index contributed by atoms with van der Waals surface area (Å²) in [4.78, 5) is 25.7. The maximum atomic E-state index is 13.0. The molecule has 4 rings (SSSR count). The third kappa shape index (κ3) is 3.39. The van der Waals surface area contributed by atoms with E-state index in [0.717, 1.165) is 5.69 Å². The number of carbonyl (C=O) groups excluding carboxylic acids is 1. The quantitative estimate of drug-likeness (QED) is 0.568. The summed E-state index contributed by atoms with van der Waals surface area (Å²) >= 11 is 6.33. The van der Waals surface area contributed by atoms with Crippen LogP contribution in [0.15, 0.2) is 65.7 Å². The molecule has 1 N–H and O–H groups in total. The number of carbonyl (C=O) groups is 1. The number of benzene rings is 1. The predicted octanol–water partition coefficient (Wildman–Crippen LogP) is 4.43. The van der Waals surface area contributed by atoms with Gasteiger partial charge in [0, 0.05) is 11.6 Å². The Morgan fingerprint density at radius 2 is 2.11 bits per heavy atom. The van der Waals surface area contributed by atoms with Crippen LogP contribution in [0.1, 0.15) is 29.0 Å². The maximum absolute atomic E-state index is 13.0. The van der Waals surface area contributed by atoms with E-state index in [2.05, 4.69) is 20.3 Å². The summed E-state index contributed by atoms with van der Waals surface area (Å²) in [6.45, 7) is 1.87. The number of nitrogens with one attached hydrogen (secondary N) is 1. The van der Waals surface area contributed by atoms with Gasteiger partial charge in [-0.15, -0.1) is 0 Å². The zero-order chi connectivity index (χ0) is 18.8. The van der Waals surface area contributed by atoms with E-state index in [9.17, 15) is 4.79 Å². The lowest BCUT2D eigenvalue weighted by Gasteiger charge is -2.15. The second kappa shape index (κ2) is 7.17. The minimum Gasteiger partial charge on any atom is -0.463 e. The number of furan rings is 1. The fourth-order valence-electron chi connectivity index (χ4n) is 2.86. The van der Waals surface area contributed by atoms with Gasteiger partial charge in [0.2, 0.25) is 0 Å². The Balaban J connectivity index is 1.78. The lowest BCUT2D eigenvalue weighted by molar-refractivity contribution is 0.0940. The third-order valence-electron chi connectivity index (χ3n) is 4.20. The minimum absolute atomic E-state index is 0.247. The van der Waals surface area contributed by atoms with Crippen LogP contribution in [0.3, 0.4) is 0 Å². The number of para-hydroxylation sites is 1. The summed E-state index contributed by atoms with van der Waals surface area (Å²) in [7, 11) is 0. The number of halogens is 1. The summed E-state index contributed by atoms with van der Waals surface area (Å²) in [6.07, 6.45) is 4.65. The van der Waals surface area contributed by atoms with E-state index in [1.54, 1.807) is 48.9 Å². The number of rotatable bonds is 4. The number of aromatic nitrogens is 3. The van der Waals surface area contributed by atoms with Crippen molar-refractivity contribution in [2.45, 2.75) is 13.0 Å². The second-order valence-electron chi connectivity index (χ2n) is 6.00. The molecule has 1 amide bonds. The van der Waals surface area contributed by atoms with Crippen LogP contribution in [0, 0.1) is 0 Å². The number of nitrogens with zero attached hydrogens (tertiary/aromatic N) is 3. The van der Waals surface area contributed by atoms with Crippen molar-refractivity contribution < 1.29 is 9.21 Å². The highest BCUT2D eigenvalue weighted by atomic mass is 35.5. The van der Waals surface area contributed by atoms with Crippen molar-refractivity contribution in [3.8, 4) is 11.5 Å². The average molecular weight is 379 g/mol. The van der Waals surface area contributed by atoms with Crippen molar-refractivity contribution in [1.82, 2.24) is 20.3 Å². The van der Waals surface area contributed by atoms with E-state index in [0.29, 0.717) is 32.9 Å². The van der Waals surface area contributed by atoms with Crippen molar-refractivity contribution in [2.75, 3.05) is 0 Å². The highest BCUT2D eigenvalue weighted by Gasteiger charge is 2.19. The molecule has 0 saturated carbocycles. The molecule has 7 heteroatoms. The van der Waals surface area contributed by atoms with Crippen LogP contribution in [-0.2, 0) is 0 Å². The standard InChI is InChI=1S/C20H15ClN4O2/c1-12(16-7-8-22-11-23-16)24-20(26)14-10-17(18-6-3-9-27-18)25-19-13(14)4-2-5-15(19)21/h2-12H,1H3,(H,24,26). The average Bonchev–Trinajstić information content (AvgIpc) is 3.23. The maximum Gasteiger partial charge on any atom is 0.252 e. The molecule has 0 spiro atoms. The molecular weight excluding hydrogens is 364 g/mol. The first kappa shape index (κ1) is 17.2. The molecule has 27 heavy (non-hydrogen) atoms. The van der Waals surface area contributed by atoms with Crippen molar-refractivity contribution in [2.24, 2.45) is 0 Å². The summed E-state index contributed by atoms with van der Waals surface area (Å²) < 4.78 is 5.44. The molecule has 0 aliphatic rings. The van der Waals surface area contributed by atoms with Crippen molar-refractivity contribution >= 4 is 28.4 Å². The molecule has 0 aliphatic heterocycles. The van der Waals surface area contributed by atoms with E-state index >= 15 is 0 Å². The molecule has 3 heterocycles. The van der Waals surface area contributed by atoms with Gasteiger partial charge in [-0.05, 0) is 37.3 Å². The summed E-state index contributed by atoms with van der Waals surface area (Å²) in [5.41, 5.74) is 2.28. The van der Waals surface area contributed by atoms with Gasteiger partial charge in [-0.25, -0.2) is 15.0 Å². The van der Waals surface area contributed by atoms with Crippen molar-refractivity contribution in [3.05, 3.63) is 77.5 Å². The third-order valence-corrected chi connectivity index (χ3v) is 4.51. The summed E-state index contributed by atoms with van der Waals surface area (Å²) in [5.74, 6) is 0.318. The molecule has 1 aromatic carbocycles. The Labute approximate surface area is 160 Å². The van der Waals surface area contributed by atoms with Gasteiger partial charge in [0.1, 0.15) is 12.0 Å². The van der Waals surface area contributed by atoms with Gasteiger partial charge in [-0.3, -0.25) is 4.79 Å². The zero-order valence-electron chi connectivity index (χ0n) is 14.4. The molecule has 6 nitrogen and oxygen atoms in total. The molecule has 1 atom stereocenters. The number of hydrogen-bond acceptors (Lipinski definition) is 5. The van der Waals surface area contributed by atoms with Crippen LogP contribution in [0.4, 0.5) is 0 Å². The molecule has 1 unspecified atom stereocenters. The van der Waals surface area contributed by atoms with E-state index in [-0.39, 0.29) is 11.9 Å². The summed E-state index contributed by atoms with van der Waals surface area (Å²) in [5, 5.41) is 4.11. The van der Waals surface area contributed by atoms with Crippen molar-refractivity contribution in [1.29, 1.82) is 0 Å². The highest BCUT2D eigenvalue weighted by Crippen LogP contribution is 2.29. The van der Waals surface area contributed by atoms with Crippen LogP contribution in [0.5, 0.6) is 0 Å². The van der Waals surface area contributed by atoms with Gasteiger partial charge in [0.05, 0.1) is 34.1 Å². The van der Waals surface area contributed by atoms with Crippen LogP contribution in [-0.4, -0.2) is 20.9 Å². The first-order valence-electron chi connectivity index (χ1n) is 8.33. The van der Waals surface area contributed by atoms with E-state index < -0.39 is 0 Å². The van der Waals surface area contributed by atoms with E-state index in [4.69, 9.17) is 16.0 Å². The highest BCUT2D eigenvalue weighted by molar-refractivity contribution is 6.35. The molecule has 0 aliphatic carbocycles. The van der Waals surface area contributed by atoms with Gasteiger partial charge < -0.3 is 9.73 Å². The Morgan fingerprint density at radius 3 is 2.85 bits per heavy atom. The van der Waals surface area contributed by atoms with Gasteiger partial charge in [-0.2, -0.15) is 0 Å². The van der Waals surface area contributed by atoms with Crippen LogP contribution in [0.2, 0.25) is 5.02 Å². The number of amides is 1. The molecule has 0 bridgehead atoms. The topological polar surface area (TPSA) is 80.9 Å². The first-order valence-corrected chi connectivity index (χ1v) is 8.71. The number of pyridine rings is 1. The fourth-order valence-corrected chi connectivity index (χ4v) is 3.07. The minimum atomic E-state index is -0.282. The number of fused-ring (bicyclic) bond motifs is 1. The van der Waals surface area contributed by atoms with Gasteiger partial charge in [-0.1, -0.05) is 23.7 Å². The molecule has 4 aromatic rings. The normalized spacial score (nSPS) is 12.1. The molecular formula is C20H15ClN4O2. The molecule has 0 radical (unpaired) electrons. The van der Waals surface area contributed by atoms with Gasteiger partial charge >= 0.3 is 0 Å². The molecule has 3 aromatic heterocycles. The molecule has 134 valence electrons. The SMILES string of the molecule is CC(NC(=O)c1cc(-c2ccco2)nc2c(Cl)cccc12)c1ccncn1.